The van der Waals surface area contributed by atoms with Crippen LogP contribution in [0.5, 0.6) is 11.5 Å². The Morgan fingerprint density at radius 3 is 1.42 bits per heavy atom. The van der Waals surface area contributed by atoms with Gasteiger partial charge in [0.05, 0.1) is 124 Å². The van der Waals surface area contributed by atoms with Crippen LogP contribution in [0.25, 0.3) is 11.4 Å². The summed E-state index contributed by atoms with van der Waals surface area (Å²) in [5.74, 6) is 1.96. The number of aliphatic hydroxyl groups excluding tert-OH is 1. The maximum Gasteiger partial charge on any atom is 0.409 e. The maximum absolute atomic E-state index is 11.8. The van der Waals surface area contributed by atoms with Crippen LogP contribution in [0.2, 0.25) is 0 Å². The van der Waals surface area contributed by atoms with Gasteiger partial charge >= 0.3 is 12.2 Å². The second kappa shape index (κ2) is 41.3. The number of hydrogen-bond donors (Lipinski definition) is 3. The molecule has 2 heterocycles. The molecule has 0 aliphatic rings. The molecular formula is C41H67ClN4O16. The number of rotatable bonds is 43. The second-order valence-electron chi connectivity index (χ2n) is 12.6. The molecule has 0 saturated heterocycles. The summed E-state index contributed by atoms with van der Waals surface area (Å²) < 4.78 is 70.2. The zero-order valence-corrected chi connectivity index (χ0v) is 36.6. The number of ether oxygens (including phenoxy) is 13. The summed E-state index contributed by atoms with van der Waals surface area (Å²) in [5.41, 5.74) is 1.27. The Kier molecular flexibility index (Phi) is 36.3. The highest BCUT2D eigenvalue weighted by Gasteiger charge is 2.07. The van der Waals surface area contributed by atoms with E-state index < -0.39 is 12.2 Å². The van der Waals surface area contributed by atoms with Crippen LogP contribution in [0.15, 0.2) is 36.7 Å². The largest absolute Gasteiger partial charge is 0.491 e. The van der Waals surface area contributed by atoms with Crippen LogP contribution in [-0.2, 0) is 52.1 Å². The summed E-state index contributed by atoms with van der Waals surface area (Å²) in [6.45, 7) is 7.48. The van der Waals surface area contributed by atoms with E-state index in [1.54, 1.807) is 36.7 Å². The molecule has 0 saturated carbocycles. The van der Waals surface area contributed by atoms with E-state index >= 15 is 0 Å². The highest BCUT2D eigenvalue weighted by atomic mass is 35.5. The molecule has 3 N–H and O–H groups in total. The van der Waals surface area contributed by atoms with Gasteiger partial charge in [-0.05, 0) is 25.0 Å². The molecule has 2 amide bonds. The van der Waals surface area contributed by atoms with Gasteiger partial charge in [-0.15, -0.1) is 11.6 Å². The molecule has 0 atom stereocenters. The molecule has 21 heteroatoms. The Bertz CT molecular complexity index is 1360. The van der Waals surface area contributed by atoms with Crippen LogP contribution in [0.4, 0.5) is 9.59 Å². The minimum atomic E-state index is -0.586. The molecule has 354 valence electrons. The van der Waals surface area contributed by atoms with E-state index in [4.69, 9.17) is 78.3 Å². The Morgan fingerprint density at radius 2 is 0.903 bits per heavy atom. The number of aromatic nitrogens is 2. The first-order chi connectivity index (χ1) is 30.6. The van der Waals surface area contributed by atoms with Crippen molar-refractivity contribution in [3.63, 3.8) is 0 Å². The summed E-state index contributed by atoms with van der Waals surface area (Å²) >= 11 is 5.65. The van der Waals surface area contributed by atoms with Gasteiger partial charge in [0.1, 0.15) is 44.7 Å². The third kappa shape index (κ3) is 33.0. The third-order valence-corrected chi connectivity index (χ3v) is 8.01. The zero-order valence-electron chi connectivity index (χ0n) is 35.8. The number of carbonyl (C=O) groups excluding carboxylic acids is 2. The maximum atomic E-state index is 11.8. The van der Waals surface area contributed by atoms with Crippen molar-refractivity contribution < 1.29 is 76.3 Å². The molecule has 0 aromatic carbocycles. The molecule has 20 nitrogen and oxygen atoms in total. The molecule has 62 heavy (non-hydrogen) atoms. The van der Waals surface area contributed by atoms with E-state index in [2.05, 4.69) is 20.6 Å². The van der Waals surface area contributed by atoms with Crippen molar-refractivity contribution in [2.45, 2.75) is 25.7 Å². The lowest BCUT2D eigenvalue weighted by atomic mass is 10.2. The summed E-state index contributed by atoms with van der Waals surface area (Å²) in [7, 11) is 0. The zero-order chi connectivity index (χ0) is 44.2. The summed E-state index contributed by atoms with van der Waals surface area (Å²) in [5, 5.41) is 13.8. The van der Waals surface area contributed by atoms with Crippen molar-refractivity contribution in [2.24, 2.45) is 0 Å². The standard InChI is InChI=1S/C41H67ClN4O16/c42-7-3-1-2-4-12-50-23-24-58-35-46-41(49)62-32-28-56-20-19-53-17-15-51-13-10-45-40(48)61-31-27-57-22-21-55-26-30-60-37-6-9-44-39(34-37)38-33-36(5-8-43-38)59-29-25-54-18-16-52-14-11-47/h5-6,8-9,33-34,47H,1-4,7,10-32,35H2,(H,45,48)(H,46,49). The number of hydrogen-bond acceptors (Lipinski definition) is 18. The average molecular weight is 907 g/mol. The summed E-state index contributed by atoms with van der Waals surface area (Å²) in [6.07, 6.45) is 6.39. The van der Waals surface area contributed by atoms with Crippen molar-refractivity contribution in [3.8, 4) is 22.9 Å². The second-order valence-corrected chi connectivity index (χ2v) is 13.0. The molecule has 2 aromatic heterocycles. The van der Waals surface area contributed by atoms with Crippen molar-refractivity contribution in [3.05, 3.63) is 36.7 Å². The number of nitrogens with one attached hydrogen (secondary N) is 2. The van der Waals surface area contributed by atoms with Crippen LogP contribution < -0.4 is 20.1 Å². The minimum absolute atomic E-state index is 0.0107. The number of carbonyl (C=O) groups is 2. The lowest BCUT2D eigenvalue weighted by Crippen LogP contribution is -2.29. The van der Waals surface area contributed by atoms with Gasteiger partial charge in [0.15, 0.2) is 0 Å². The highest BCUT2D eigenvalue weighted by Crippen LogP contribution is 2.23. The summed E-state index contributed by atoms with van der Waals surface area (Å²) in [4.78, 5) is 32.3. The topological polar surface area (TPSA) is 224 Å². The molecule has 0 fully saturated rings. The molecule has 2 aromatic rings. The smallest absolute Gasteiger partial charge is 0.409 e. The lowest BCUT2D eigenvalue weighted by Gasteiger charge is -2.10. The first kappa shape index (κ1) is 54.5. The number of alkyl halides is 1. The van der Waals surface area contributed by atoms with Gasteiger partial charge < -0.3 is 72.0 Å². The van der Waals surface area contributed by atoms with Gasteiger partial charge in [-0.1, -0.05) is 12.8 Å². The molecule has 0 bridgehead atoms. The van der Waals surface area contributed by atoms with Crippen LogP contribution in [0.3, 0.4) is 0 Å². The fourth-order valence-corrected chi connectivity index (χ4v) is 4.93. The highest BCUT2D eigenvalue weighted by molar-refractivity contribution is 6.17. The van der Waals surface area contributed by atoms with E-state index in [0.717, 1.165) is 25.7 Å². The van der Waals surface area contributed by atoms with Gasteiger partial charge in [-0.3, -0.25) is 15.3 Å². The molecule has 0 aliphatic carbocycles. The van der Waals surface area contributed by atoms with Crippen LogP contribution in [0, 0.1) is 0 Å². The van der Waals surface area contributed by atoms with Gasteiger partial charge in [0.2, 0.25) is 0 Å². The molecule has 0 spiro atoms. The number of nitrogens with zero attached hydrogens (tertiary/aromatic N) is 2. The Balaban J connectivity index is 1.31. The van der Waals surface area contributed by atoms with E-state index in [-0.39, 0.29) is 46.3 Å². The van der Waals surface area contributed by atoms with Crippen LogP contribution in [0.1, 0.15) is 25.7 Å². The minimum Gasteiger partial charge on any atom is -0.491 e. The quantitative estimate of drug-likeness (QED) is 0.0493. The number of unbranched alkanes of at least 4 members (excludes halogenated alkanes) is 3. The van der Waals surface area contributed by atoms with Gasteiger partial charge in [-0.25, -0.2) is 9.59 Å². The SMILES string of the molecule is O=C(NCCOCCOCCOCCOC(=O)NCOCCOCCCCCCCl)OCCOCCOCCOc1ccnc(-c2cc(OCCOCCOCCO)ccn2)c1. The van der Waals surface area contributed by atoms with Gasteiger partial charge in [0.25, 0.3) is 0 Å². The number of halogens is 1. The third-order valence-electron chi connectivity index (χ3n) is 7.74. The number of alkyl carbamates (subject to hydrolysis) is 2. The van der Waals surface area contributed by atoms with Gasteiger partial charge in [0, 0.05) is 43.6 Å². The van der Waals surface area contributed by atoms with Crippen molar-refractivity contribution in [1.82, 2.24) is 20.6 Å². The fourth-order valence-electron chi connectivity index (χ4n) is 4.74. The van der Waals surface area contributed by atoms with E-state index in [9.17, 15) is 9.59 Å². The first-order valence-electron chi connectivity index (χ1n) is 21.0. The van der Waals surface area contributed by atoms with E-state index in [0.29, 0.717) is 141 Å². The Labute approximate surface area is 369 Å². The molecule has 0 unspecified atom stereocenters. The predicted octanol–water partition coefficient (Wildman–Crippen LogP) is 3.25. The Hall–Kier alpha value is -3.67. The average Bonchev–Trinajstić information content (AvgIpc) is 3.28. The number of pyridine rings is 2. The Morgan fingerprint density at radius 1 is 0.484 bits per heavy atom. The summed E-state index contributed by atoms with van der Waals surface area (Å²) in [6, 6.07) is 7.10. The lowest BCUT2D eigenvalue weighted by molar-refractivity contribution is 0.00424. The van der Waals surface area contributed by atoms with Crippen LogP contribution in [-0.4, -0.2) is 192 Å². The molecule has 2 rings (SSSR count). The number of amides is 2. The predicted molar refractivity (Wildman–Crippen MR) is 226 cm³/mol. The van der Waals surface area contributed by atoms with Crippen molar-refractivity contribution in [2.75, 3.05) is 165 Å². The normalized spacial score (nSPS) is 11.1. The van der Waals surface area contributed by atoms with Crippen LogP contribution >= 0.6 is 11.6 Å². The van der Waals surface area contributed by atoms with E-state index in [1.165, 1.54) is 0 Å². The van der Waals surface area contributed by atoms with Crippen molar-refractivity contribution >= 4 is 23.8 Å². The first-order valence-corrected chi connectivity index (χ1v) is 21.5. The van der Waals surface area contributed by atoms with E-state index in [1.807, 2.05) is 0 Å². The molecule has 0 radical (unpaired) electrons. The molecular weight excluding hydrogens is 840 g/mol. The monoisotopic (exact) mass is 906 g/mol. The van der Waals surface area contributed by atoms with Crippen molar-refractivity contribution in [1.29, 1.82) is 0 Å². The van der Waals surface area contributed by atoms with Gasteiger partial charge in [-0.2, -0.15) is 0 Å². The molecule has 0 aliphatic heterocycles. The number of aliphatic hydroxyl groups is 1. The fraction of sp³-hybridized carbons (Fsp3) is 0.707.